The monoisotopic (exact) mass is 446 g/mol. The Morgan fingerprint density at radius 1 is 1.27 bits per heavy atom. The van der Waals surface area contributed by atoms with Crippen LogP contribution < -0.4 is 11.1 Å². The molecule has 11 nitrogen and oxygen atoms in total. The van der Waals surface area contributed by atoms with Gasteiger partial charge in [-0.2, -0.15) is 10.1 Å². The van der Waals surface area contributed by atoms with E-state index in [-0.39, 0.29) is 29.5 Å². The first-order valence-corrected chi connectivity index (χ1v) is 10.6. The minimum absolute atomic E-state index is 0.0540. The minimum atomic E-state index is -0.538. The number of nitrogens with one attached hydrogen (secondary N) is 1. The summed E-state index contributed by atoms with van der Waals surface area (Å²) >= 11 is 0. The maximum atomic E-state index is 13.1. The number of allylic oxidation sites excluding steroid dienone is 1. The summed E-state index contributed by atoms with van der Waals surface area (Å²) in [5.74, 6) is -0.446. The molecule has 0 aliphatic carbocycles. The molecule has 0 radical (unpaired) electrons. The summed E-state index contributed by atoms with van der Waals surface area (Å²) in [6, 6.07) is 7.10. The molecule has 2 amide bonds. The van der Waals surface area contributed by atoms with Crippen molar-refractivity contribution in [1.82, 2.24) is 29.6 Å². The van der Waals surface area contributed by atoms with E-state index in [9.17, 15) is 9.59 Å². The van der Waals surface area contributed by atoms with Crippen LogP contribution in [0.15, 0.2) is 47.2 Å². The van der Waals surface area contributed by atoms with E-state index in [0.29, 0.717) is 35.2 Å². The second-order valence-electron chi connectivity index (χ2n) is 7.77. The van der Waals surface area contributed by atoms with Gasteiger partial charge in [0.1, 0.15) is 17.7 Å². The van der Waals surface area contributed by atoms with Crippen molar-refractivity contribution in [2.75, 3.05) is 24.1 Å². The van der Waals surface area contributed by atoms with Crippen LogP contribution in [0.4, 0.5) is 11.8 Å². The Hall–Kier alpha value is -4.28. The van der Waals surface area contributed by atoms with Gasteiger partial charge >= 0.3 is 6.01 Å². The summed E-state index contributed by atoms with van der Waals surface area (Å²) < 4.78 is 7.27. The maximum absolute atomic E-state index is 13.1. The van der Waals surface area contributed by atoms with Crippen LogP contribution in [-0.2, 0) is 4.79 Å². The molecule has 0 spiro atoms. The van der Waals surface area contributed by atoms with Crippen molar-refractivity contribution in [2.24, 2.45) is 0 Å². The molecule has 33 heavy (non-hydrogen) atoms. The van der Waals surface area contributed by atoms with Crippen LogP contribution in [0.5, 0.6) is 0 Å². The molecule has 1 aliphatic heterocycles. The van der Waals surface area contributed by atoms with Gasteiger partial charge in [-0.25, -0.2) is 14.6 Å². The first-order chi connectivity index (χ1) is 16.0. The number of fused-ring (bicyclic) bond motifs is 2. The molecule has 0 unspecified atom stereocenters. The molecule has 1 saturated heterocycles. The predicted octanol–water partition coefficient (Wildman–Crippen LogP) is 2.54. The molecular formula is C22H22N8O3. The molecule has 0 bridgehead atoms. The normalized spacial score (nSPS) is 16.6. The Labute approximate surface area is 188 Å². The number of nitrogen functional groups attached to an aromatic ring is 1. The predicted molar refractivity (Wildman–Crippen MR) is 121 cm³/mol. The van der Waals surface area contributed by atoms with Gasteiger partial charge in [-0.05, 0) is 38.0 Å². The quantitative estimate of drug-likeness (QED) is 0.455. The molecular weight excluding hydrogens is 424 g/mol. The molecule has 4 heterocycles. The van der Waals surface area contributed by atoms with E-state index in [0.717, 1.165) is 12.8 Å². The number of piperidine rings is 1. The Morgan fingerprint density at radius 3 is 2.94 bits per heavy atom. The standard InChI is InChI=1S/C22H22N8O3/c1-2-6-16(31)29-10-5-7-13(11-29)30-20-17(19(23)24-12-25-20)18(28-30)21(32)27-22-26-14-8-3-4-9-15(14)33-22/h2-4,6,8-9,12-13H,5,7,10-11H2,1H3,(H2,23,24,25)(H,26,27,32)/t13-/m1/s1. The molecule has 4 aromatic rings. The number of rotatable bonds is 4. The number of carbonyl (C=O) groups is 2. The highest BCUT2D eigenvalue weighted by molar-refractivity contribution is 6.12. The third-order valence-corrected chi connectivity index (χ3v) is 5.61. The summed E-state index contributed by atoms with van der Waals surface area (Å²) in [5.41, 5.74) is 7.80. The van der Waals surface area contributed by atoms with Crippen molar-refractivity contribution in [3.8, 4) is 0 Å². The van der Waals surface area contributed by atoms with Crippen LogP contribution in [-0.4, -0.2) is 54.5 Å². The minimum Gasteiger partial charge on any atom is -0.423 e. The lowest BCUT2D eigenvalue weighted by molar-refractivity contribution is -0.127. The highest BCUT2D eigenvalue weighted by atomic mass is 16.4. The third-order valence-electron chi connectivity index (χ3n) is 5.61. The number of hydrogen-bond acceptors (Lipinski definition) is 8. The number of carbonyl (C=O) groups excluding carboxylic acids is 2. The average molecular weight is 446 g/mol. The van der Waals surface area contributed by atoms with Crippen LogP contribution in [0.25, 0.3) is 22.1 Å². The van der Waals surface area contributed by atoms with Crippen molar-refractivity contribution >= 4 is 45.8 Å². The van der Waals surface area contributed by atoms with Gasteiger partial charge in [-0.1, -0.05) is 18.2 Å². The van der Waals surface area contributed by atoms with E-state index in [1.165, 1.54) is 6.33 Å². The van der Waals surface area contributed by atoms with Crippen LogP contribution in [0.2, 0.25) is 0 Å². The highest BCUT2D eigenvalue weighted by Crippen LogP contribution is 2.29. The lowest BCUT2D eigenvalue weighted by Crippen LogP contribution is -2.40. The Kier molecular flexibility index (Phi) is 5.21. The lowest BCUT2D eigenvalue weighted by atomic mass is 10.1. The largest absolute Gasteiger partial charge is 0.423 e. The molecule has 1 atom stereocenters. The summed E-state index contributed by atoms with van der Waals surface area (Å²) in [6.07, 6.45) is 6.19. The number of amides is 2. The number of oxazole rings is 1. The number of nitrogens with two attached hydrogens (primary N) is 1. The van der Waals surface area contributed by atoms with E-state index in [1.807, 2.05) is 19.1 Å². The van der Waals surface area contributed by atoms with Gasteiger partial charge < -0.3 is 15.1 Å². The second-order valence-corrected chi connectivity index (χ2v) is 7.77. The third kappa shape index (κ3) is 3.77. The number of aromatic nitrogens is 5. The fraction of sp³-hybridized carbons (Fsp3) is 0.273. The Bertz CT molecular complexity index is 1360. The number of anilines is 2. The topological polar surface area (TPSA) is 145 Å². The molecule has 0 saturated carbocycles. The molecule has 11 heteroatoms. The zero-order valence-corrected chi connectivity index (χ0v) is 17.9. The van der Waals surface area contributed by atoms with Crippen LogP contribution in [0, 0.1) is 0 Å². The fourth-order valence-electron chi connectivity index (χ4n) is 4.09. The average Bonchev–Trinajstić information content (AvgIpc) is 3.41. The van der Waals surface area contributed by atoms with Gasteiger partial charge in [-0.15, -0.1) is 0 Å². The number of likely N-dealkylation sites (tertiary alicyclic amines) is 1. The number of para-hydroxylation sites is 2. The molecule has 1 aromatic carbocycles. The van der Waals surface area contributed by atoms with Gasteiger partial charge in [0, 0.05) is 13.1 Å². The van der Waals surface area contributed by atoms with Gasteiger partial charge in [0.2, 0.25) is 5.91 Å². The summed E-state index contributed by atoms with van der Waals surface area (Å²) in [7, 11) is 0. The van der Waals surface area contributed by atoms with Crippen LogP contribution in [0.1, 0.15) is 36.3 Å². The number of hydrogen-bond donors (Lipinski definition) is 2. The smallest absolute Gasteiger partial charge is 0.302 e. The number of nitrogens with zero attached hydrogens (tertiary/aromatic N) is 6. The first-order valence-electron chi connectivity index (χ1n) is 10.6. The van der Waals surface area contributed by atoms with Gasteiger partial charge in [0.05, 0.1) is 11.4 Å². The summed E-state index contributed by atoms with van der Waals surface area (Å²) in [4.78, 5) is 39.9. The molecule has 5 rings (SSSR count). The van der Waals surface area contributed by atoms with Crippen molar-refractivity contribution in [3.05, 3.63) is 48.4 Å². The van der Waals surface area contributed by atoms with Crippen molar-refractivity contribution < 1.29 is 14.0 Å². The lowest BCUT2D eigenvalue weighted by Gasteiger charge is -2.32. The highest BCUT2D eigenvalue weighted by Gasteiger charge is 2.29. The van der Waals surface area contributed by atoms with Gasteiger partial charge in [-0.3, -0.25) is 14.9 Å². The van der Waals surface area contributed by atoms with E-state index in [2.05, 4.69) is 25.4 Å². The molecule has 1 aliphatic rings. The number of benzene rings is 1. The van der Waals surface area contributed by atoms with Crippen LogP contribution >= 0.6 is 0 Å². The fourth-order valence-corrected chi connectivity index (χ4v) is 4.09. The summed E-state index contributed by atoms with van der Waals surface area (Å²) in [6.45, 7) is 2.93. The first kappa shape index (κ1) is 20.6. The van der Waals surface area contributed by atoms with E-state index in [4.69, 9.17) is 10.2 Å². The molecule has 1 fully saturated rings. The zero-order valence-electron chi connectivity index (χ0n) is 17.9. The summed E-state index contributed by atoms with van der Waals surface area (Å²) in [5, 5.41) is 7.56. The van der Waals surface area contributed by atoms with Crippen molar-refractivity contribution in [2.45, 2.75) is 25.8 Å². The Morgan fingerprint density at radius 2 is 2.12 bits per heavy atom. The van der Waals surface area contributed by atoms with E-state index < -0.39 is 5.91 Å². The van der Waals surface area contributed by atoms with E-state index >= 15 is 0 Å². The maximum Gasteiger partial charge on any atom is 0.302 e. The van der Waals surface area contributed by atoms with Crippen molar-refractivity contribution in [1.29, 1.82) is 0 Å². The zero-order chi connectivity index (χ0) is 22.9. The molecule has 3 N–H and O–H groups in total. The van der Waals surface area contributed by atoms with Crippen LogP contribution in [0.3, 0.4) is 0 Å². The SMILES string of the molecule is CC=CC(=O)N1CCC[C@@H](n2nc(C(=O)Nc3nc4ccccc4o3)c3c(N)ncnc32)C1. The van der Waals surface area contributed by atoms with Crippen molar-refractivity contribution in [3.63, 3.8) is 0 Å². The van der Waals surface area contributed by atoms with E-state index in [1.54, 1.807) is 33.9 Å². The van der Waals surface area contributed by atoms with Gasteiger partial charge in [0.25, 0.3) is 5.91 Å². The molecule has 3 aromatic heterocycles. The molecule has 168 valence electrons. The van der Waals surface area contributed by atoms with Gasteiger partial charge in [0.15, 0.2) is 16.9 Å². The second kappa shape index (κ2) is 8.34. The Balaban J connectivity index is 1.49.